The molecule has 1 saturated heterocycles. The summed E-state index contributed by atoms with van der Waals surface area (Å²) in [6.07, 6.45) is 2.06. The molecule has 1 aliphatic heterocycles. The van der Waals surface area contributed by atoms with Crippen LogP contribution in [0.15, 0.2) is 36.4 Å². The predicted molar refractivity (Wildman–Crippen MR) is 120 cm³/mol. The molecule has 2 atom stereocenters. The van der Waals surface area contributed by atoms with Crippen molar-refractivity contribution < 1.29 is 13.9 Å². The minimum Gasteiger partial charge on any atom is -0.490 e. The lowest BCUT2D eigenvalue weighted by Crippen LogP contribution is -2.42. The summed E-state index contributed by atoms with van der Waals surface area (Å²) >= 11 is 6.03. The fourth-order valence-electron chi connectivity index (χ4n) is 3.72. The largest absolute Gasteiger partial charge is 0.490 e. The molecule has 162 valence electrons. The Bertz CT molecular complexity index is 926. The Morgan fingerprint density at radius 3 is 2.60 bits per heavy atom. The second-order valence-electron chi connectivity index (χ2n) is 9.13. The third-order valence-corrected chi connectivity index (χ3v) is 5.99. The van der Waals surface area contributed by atoms with Gasteiger partial charge in [0.2, 0.25) is 0 Å². The van der Waals surface area contributed by atoms with Gasteiger partial charge in [-0.1, -0.05) is 38.4 Å². The van der Waals surface area contributed by atoms with Gasteiger partial charge in [-0.05, 0) is 62.1 Å². The smallest absolute Gasteiger partial charge is 0.257 e. The van der Waals surface area contributed by atoms with Crippen LogP contribution < -0.4 is 10.1 Å². The number of hydrogen-bond acceptors (Lipinski definition) is 3. The number of rotatable bonds is 4. The topological polar surface area (TPSA) is 41.6 Å². The molecule has 2 aromatic rings. The predicted octanol–water partition coefficient (Wildman–Crippen LogP) is 5.89. The molecule has 1 aliphatic rings. The van der Waals surface area contributed by atoms with E-state index in [-0.39, 0.29) is 28.0 Å². The van der Waals surface area contributed by atoms with Crippen molar-refractivity contribution >= 4 is 23.2 Å². The fraction of sp³-hybridized carbons (Fsp3) is 0.458. The van der Waals surface area contributed by atoms with Crippen LogP contribution >= 0.6 is 11.6 Å². The van der Waals surface area contributed by atoms with Crippen molar-refractivity contribution in [2.45, 2.75) is 58.1 Å². The Morgan fingerprint density at radius 1 is 1.23 bits per heavy atom. The van der Waals surface area contributed by atoms with Crippen LogP contribution in [0.3, 0.4) is 0 Å². The van der Waals surface area contributed by atoms with Gasteiger partial charge in [0, 0.05) is 24.3 Å². The molecule has 4 nitrogen and oxygen atoms in total. The van der Waals surface area contributed by atoms with Crippen molar-refractivity contribution in [3.05, 3.63) is 58.4 Å². The Morgan fingerprint density at radius 2 is 1.97 bits per heavy atom. The normalized spacial score (nSPS) is 20.1. The average Bonchev–Trinajstić information content (AvgIpc) is 2.64. The van der Waals surface area contributed by atoms with E-state index in [1.807, 2.05) is 18.2 Å². The maximum Gasteiger partial charge on any atom is 0.257 e. The van der Waals surface area contributed by atoms with Crippen LogP contribution in [-0.4, -0.2) is 36.5 Å². The molecule has 6 heteroatoms. The van der Waals surface area contributed by atoms with E-state index >= 15 is 0 Å². The molecular weight excluding hydrogens is 403 g/mol. The summed E-state index contributed by atoms with van der Waals surface area (Å²) in [6.45, 7) is 9.63. The summed E-state index contributed by atoms with van der Waals surface area (Å²) in [6, 6.07) is 9.93. The van der Waals surface area contributed by atoms with Gasteiger partial charge in [-0.15, -0.1) is 0 Å². The van der Waals surface area contributed by atoms with Crippen LogP contribution in [0.25, 0.3) is 0 Å². The summed E-state index contributed by atoms with van der Waals surface area (Å²) < 4.78 is 19.7. The number of benzene rings is 2. The first kappa shape index (κ1) is 22.6. The quantitative estimate of drug-likeness (QED) is 0.654. The van der Waals surface area contributed by atoms with Crippen LogP contribution in [0, 0.1) is 5.82 Å². The zero-order valence-electron chi connectivity index (χ0n) is 18.3. The second-order valence-corrected chi connectivity index (χ2v) is 9.54. The standard InChI is InChI=1S/C24H30ClFN2O2/c1-15-12-18(10-11-28(15)5)30-22-14-17(7-9-20(22)24(2,3)4)27-23(29)19-8-6-16(26)13-21(19)25/h6-9,13-15,18H,10-12H2,1-5H3,(H,27,29)/t15-,18+/m0/s1. The number of anilines is 1. The third-order valence-electron chi connectivity index (χ3n) is 5.68. The molecule has 1 fully saturated rings. The first-order chi connectivity index (χ1) is 14.0. The molecule has 0 saturated carbocycles. The average molecular weight is 433 g/mol. The van der Waals surface area contributed by atoms with Crippen LogP contribution in [0.4, 0.5) is 10.1 Å². The van der Waals surface area contributed by atoms with Crippen molar-refractivity contribution in [3.8, 4) is 5.75 Å². The lowest BCUT2D eigenvalue weighted by Gasteiger charge is -2.36. The lowest BCUT2D eigenvalue weighted by molar-refractivity contribution is 0.0778. The van der Waals surface area contributed by atoms with E-state index in [0.717, 1.165) is 36.8 Å². The summed E-state index contributed by atoms with van der Waals surface area (Å²) in [5, 5.41) is 2.94. The zero-order valence-corrected chi connectivity index (χ0v) is 19.0. The molecule has 0 unspecified atom stereocenters. The van der Waals surface area contributed by atoms with E-state index in [4.69, 9.17) is 16.3 Å². The van der Waals surface area contributed by atoms with Gasteiger partial charge in [-0.3, -0.25) is 4.79 Å². The van der Waals surface area contributed by atoms with Gasteiger partial charge in [0.1, 0.15) is 17.7 Å². The lowest BCUT2D eigenvalue weighted by atomic mass is 9.86. The maximum atomic E-state index is 13.3. The second kappa shape index (κ2) is 8.94. The monoisotopic (exact) mass is 432 g/mol. The molecule has 0 radical (unpaired) electrons. The number of hydrogen-bond donors (Lipinski definition) is 1. The Kier molecular flexibility index (Phi) is 6.73. The highest BCUT2D eigenvalue weighted by molar-refractivity contribution is 6.34. The van der Waals surface area contributed by atoms with Gasteiger partial charge in [-0.2, -0.15) is 0 Å². The molecule has 0 bridgehead atoms. The first-order valence-electron chi connectivity index (χ1n) is 10.3. The van der Waals surface area contributed by atoms with Gasteiger partial charge >= 0.3 is 0 Å². The van der Waals surface area contributed by atoms with Crippen molar-refractivity contribution in [1.29, 1.82) is 0 Å². The van der Waals surface area contributed by atoms with Gasteiger partial charge in [0.05, 0.1) is 10.6 Å². The zero-order chi connectivity index (χ0) is 22.1. The van der Waals surface area contributed by atoms with Gasteiger partial charge in [0.25, 0.3) is 5.91 Å². The number of carbonyl (C=O) groups excluding carboxylic acids is 1. The minimum absolute atomic E-state index is 0.0793. The van der Waals surface area contributed by atoms with Crippen molar-refractivity contribution in [2.75, 3.05) is 18.9 Å². The minimum atomic E-state index is -0.478. The number of piperidine rings is 1. The molecule has 3 rings (SSSR count). The summed E-state index contributed by atoms with van der Waals surface area (Å²) in [5.74, 6) is -0.0799. The van der Waals surface area contributed by atoms with Crippen LogP contribution in [-0.2, 0) is 5.41 Å². The van der Waals surface area contributed by atoms with E-state index in [9.17, 15) is 9.18 Å². The van der Waals surface area contributed by atoms with Crippen LogP contribution in [0.1, 0.15) is 56.5 Å². The molecule has 2 aromatic carbocycles. The van der Waals surface area contributed by atoms with Crippen molar-refractivity contribution in [1.82, 2.24) is 4.90 Å². The van der Waals surface area contributed by atoms with Crippen molar-refractivity contribution in [3.63, 3.8) is 0 Å². The van der Waals surface area contributed by atoms with E-state index in [2.05, 4.69) is 45.0 Å². The highest BCUT2D eigenvalue weighted by atomic mass is 35.5. The summed E-state index contributed by atoms with van der Waals surface area (Å²) in [7, 11) is 2.14. The Hall–Kier alpha value is -2.11. The number of ether oxygens (including phenoxy) is 1. The fourth-order valence-corrected chi connectivity index (χ4v) is 3.98. The number of nitrogens with zero attached hydrogens (tertiary/aromatic N) is 1. The number of amides is 1. The molecule has 0 aliphatic carbocycles. The molecule has 30 heavy (non-hydrogen) atoms. The highest BCUT2D eigenvalue weighted by Gasteiger charge is 2.27. The van der Waals surface area contributed by atoms with Crippen LogP contribution in [0.2, 0.25) is 5.02 Å². The number of halogens is 2. The van der Waals surface area contributed by atoms with Gasteiger partial charge in [0.15, 0.2) is 0 Å². The highest BCUT2D eigenvalue weighted by Crippen LogP contribution is 2.35. The number of likely N-dealkylation sites (tertiary alicyclic amines) is 1. The van der Waals surface area contributed by atoms with Crippen LogP contribution in [0.5, 0.6) is 5.75 Å². The number of carbonyl (C=O) groups is 1. The molecule has 1 heterocycles. The summed E-state index contributed by atoms with van der Waals surface area (Å²) in [5.41, 5.74) is 1.83. The Labute approximate surface area is 183 Å². The van der Waals surface area contributed by atoms with E-state index in [1.54, 1.807) is 0 Å². The molecule has 1 amide bonds. The van der Waals surface area contributed by atoms with Crippen molar-refractivity contribution in [2.24, 2.45) is 0 Å². The molecule has 0 spiro atoms. The van der Waals surface area contributed by atoms with E-state index in [1.165, 1.54) is 12.1 Å². The van der Waals surface area contributed by atoms with Gasteiger partial charge < -0.3 is 15.0 Å². The third kappa shape index (κ3) is 5.32. The summed E-state index contributed by atoms with van der Waals surface area (Å²) in [4.78, 5) is 15.0. The first-order valence-corrected chi connectivity index (χ1v) is 10.7. The molecule has 0 aromatic heterocycles. The molecule has 1 N–H and O–H groups in total. The molecular formula is C24H30ClFN2O2. The number of nitrogens with one attached hydrogen (secondary N) is 1. The van der Waals surface area contributed by atoms with E-state index in [0.29, 0.717) is 11.7 Å². The SMILES string of the molecule is C[C@H]1C[C@H](Oc2cc(NC(=O)c3ccc(F)cc3Cl)ccc2C(C)(C)C)CCN1C. The van der Waals surface area contributed by atoms with Gasteiger partial charge in [-0.25, -0.2) is 4.39 Å². The maximum absolute atomic E-state index is 13.3. The van der Waals surface area contributed by atoms with E-state index < -0.39 is 5.82 Å². The Balaban J connectivity index is 1.84.